The fraction of sp³-hybridized carbons (Fsp3) is 0.571. The number of aromatic nitrogens is 1. The molecule has 2 heterocycles. The third-order valence-electron chi connectivity index (χ3n) is 3.02. The van der Waals surface area contributed by atoms with Crippen LogP contribution in [0.4, 0.5) is 0 Å². The Morgan fingerprint density at radius 3 is 3.00 bits per heavy atom. The zero-order valence-electron chi connectivity index (χ0n) is 12.0. The lowest BCUT2D eigenvalue weighted by atomic mass is 10.2. The first-order valence-corrected chi connectivity index (χ1v) is 6.78. The lowest BCUT2D eigenvalue weighted by Gasteiger charge is -2.12. The summed E-state index contributed by atoms with van der Waals surface area (Å²) in [6.45, 7) is 2.76. The molecule has 1 unspecified atom stereocenters. The quantitative estimate of drug-likeness (QED) is 0.823. The van der Waals surface area contributed by atoms with Crippen LogP contribution in [0.2, 0.25) is 0 Å². The smallest absolute Gasteiger partial charge is 0.252 e. The molecule has 1 amide bonds. The van der Waals surface area contributed by atoms with Gasteiger partial charge in [-0.15, -0.1) is 0 Å². The van der Waals surface area contributed by atoms with E-state index >= 15 is 0 Å². The molecule has 1 aliphatic heterocycles. The molecule has 1 aromatic heterocycles. The number of amides is 1. The van der Waals surface area contributed by atoms with E-state index in [1.165, 1.54) is 6.20 Å². The summed E-state index contributed by atoms with van der Waals surface area (Å²) in [5.74, 6) is 0.417. The van der Waals surface area contributed by atoms with Gasteiger partial charge in [-0.05, 0) is 20.2 Å². The van der Waals surface area contributed by atoms with E-state index in [2.05, 4.69) is 10.3 Å². The summed E-state index contributed by atoms with van der Waals surface area (Å²) in [6, 6.07) is 3.45. The second kappa shape index (κ2) is 7.21. The van der Waals surface area contributed by atoms with Crippen LogP contribution in [0.3, 0.4) is 0 Å². The normalized spacial score (nSPS) is 18.2. The van der Waals surface area contributed by atoms with E-state index in [1.54, 1.807) is 12.1 Å². The maximum Gasteiger partial charge on any atom is 0.252 e. The van der Waals surface area contributed by atoms with Gasteiger partial charge in [0.1, 0.15) is 6.10 Å². The van der Waals surface area contributed by atoms with Gasteiger partial charge in [0.2, 0.25) is 5.88 Å². The van der Waals surface area contributed by atoms with Crippen molar-refractivity contribution in [2.24, 2.45) is 0 Å². The monoisotopic (exact) mass is 279 g/mol. The molecule has 0 spiro atoms. The van der Waals surface area contributed by atoms with Gasteiger partial charge in [0, 0.05) is 31.8 Å². The second-order valence-corrected chi connectivity index (χ2v) is 5.05. The van der Waals surface area contributed by atoms with Crippen LogP contribution in [-0.4, -0.2) is 62.3 Å². The van der Waals surface area contributed by atoms with Crippen molar-refractivity contribution in [3.8, 4) is 5.88 Å². The minimum Gasteiger partial charge on any atom is -0.472 e. The number of carbonyl (C=O) groups excluding carboxylic acids is 1. The van der Waals surface area contributed by atoms with E-state index in [9.17, 15) is 4.79 Å². The molecule has 6 heteroatoms. The number of rotatable bonds is 6. The third kappa shape index (κ3) is 4.47. The first-order chi connectivity index (χ1) is 9.65. The lowest BCUT2D eigenvalue weighted by molar-refractivity contribution is 0.0950. The van der Waals surface area contributed by atoms with Crippen molar-refractivity contribution in [2.75, 3.05) is 40.4 Å². The van der Waals surface area contributed by atoms with Gasteiger partial charge in [-0.1, -0.05) is 0 Å². The summed E-state index contributed by atoms with van der Waals surface area (Å²) in [5, 5.41) is 2.84. The SMILES string of the molecule is CN(C)CCNC(=O)c1ccc(OC2CCOC2)nc1. The molecule has 110 valence electrons. The molecular weight excluding hydrogens is 258 g/mol. The van der Waals surface area contributed by atoms with Crippen molar-refractivity contribution >= 4 is 5.91 Å². The van der Waals surface area contributed by atoms with Crippen LogP contribution < -0.4 is 10.1 Å². The van der Waals surface area contributed by atoms with Gasteiger partial charge in [0.25, 0.3) is 5.91 Å². The third-order valence-corrected chi connectivity index (χ3v) is 3.02. The molecule has 0 radical (unpaired) electrons. The van der Waals surface area contributed by atoms with Crippen molar-refractivity contribution in [3.63, 3.8) is 0 Å². The van der Waals surface area contributed by atoms with Crippen molar-refractivity contribution in [1.29, 1.82) is 0 Å². The minimum atomic E-state index is -0.116. The van der Waals surface area contributed by atoms with Crippen LogP contribution in [0.1, 0.15) is 16.8 Å². The van der Waals surface area contributed by atoms with Crippen molar-refractivity contribution in [1.82, 2.24) is 15.2 Å². The summed E-state index contributed by atoms with van der Waals surface area (Å²) in [7, 11) is 3.93. The molecule has 20 heavy (non-hydrogen) atoms. The molecule has 0 aliphatic carbocycles. The molecule has 1 fully saturated rings. The van der Waals surface area contributed by atoms with E-state index < -0.39 is 0 Å². The molecular formula is C14H21N3O3. The summed E-state index contributed by atoms with van der Waals surface area (Å²) in [5.41, 5.74) is 0.541. The highest BCUT2D eigenvalue weighted by molar-refractivity contribution is 5.93. The van der Waals surface area contributed by atoms with Gasteiger partial charge in [-0.25, -0.2) is 4.98 Å². The molecule has 1 N–H and O–H groups in total. The standard InChI is InChI=1S/C14H21N3O3/c1-17(2)7-6-15-14(18)11-3-4-13(16-9-11)20-12-5-8-19-10-12/h3-4,9,12H,5-8,10H2,1-2H3,(H,15,18). The van der Waals surface area contributed by atoms with Gasteiger partial charge in [-0.3, -0.25) is 4.79 Å². The maximum absolute atomic E-state index is 11.9. The number of nitrogens with one attached hydrogen (secondary N) is 1. The highest BCUT2D eigenvalue weighted by atomic mass is 16.5. The Hall–Kier alpha value is -1.66. The van der Waals surface area contributed by atoms with E-state index in [-0.39, 0.29) is 12.0 Å². The Morgan fingerprint density at radius 2 is 2.40 bits per heavy atom. The van der Waals surface area contributed by atoms with Crippen LogP contribution >= 0.6 is 0 Å². The summed E-state index contributed by atoms with van der Waals surface area (Å²) in [6.07, 6.45) is 2.49. The van der Waals surface area contributed by atoms with Crippen LogP contribution in [-0.2, 0) is 4.74 Å². The molecule has 6 nitrogen and oxygen atoms in total. The molecule has 1 aliphatic rings. The Bertz CT molecular complexity index is 428. The Labute approximate surface area is 119 Å². The second-order valence-electron chi connectivity index (χ2n) is 5.05. The van der Waals surface area contributed by atoms with Gasteiger partial charge in [-0.2, -0.15) is 0 Å². The number of pyridine rings is 1. The van der Waals surface area contributed by atoms with Crippen LogP contribution in [0.15, 0.2) is 18.3 Å². The molecule has 2 rings (SSSR count). The summed E-state index contributed by atoms with van der Waals surface area (Å²) < 4.78 is 10.9. The van der Waals surface area contributed by atoms with Gasteiger partial charge < -0.3 is 19.7 Å². The topological polar surface area (TPSA) is 63.7 Å². The lowest BCUT2D eigenvalue weighted by Crippen LogP contribution is -2.31. The molecule has 1 aromatic rings. The number of hydrogen-bond donors (Lipinski definition) is 1. The zero-order chi connectivity index (χ0) is 14.4. The number of carbonyl (C=O) groups is 1. The first-order valence-electron chi connectivity index (χ1n) is 6.78. The predicted octanol–water partition coefficient (Wildman–Crippen LogP) is 0.541. The average molecular weight is 279 g/mol. The van der Waals surface area contributed by atoms with E-state index in [1.807, 2.05) is 19.0 Å². The average Bonchev–Trinajstić information content (AvgIpc) is 2.92. The predicted molar refractivity (Wildman–Crippen MR) is 75.0 cm³/mol. The number of hydrogen-bond acceptors (Lipinski definition) is 5. The molecule has 0 bridgehead atoms. The van der Waals surface area contributed by atoms with Crippen LogP contribution in [0.5, 0.6) is 5.88 Å². The number of nitrogens with zero attached hydrogens (tertiary/aromatic N) is 2. The largest absolute Gasteiger partial charge is 0.472 e. The zero-order valence-corrected chi connectivity index (χ0v) is 12.0. The highest BCUT2D eigenvalue weighted by Gasteiger charge is 2.17. The number of ether oxygens (including phenoxy) is 2. The summed E-state index contributed by atoms with van der Waals surface area (Å²) >= 11 is 0. The van der Waals surface area contributed by atoms with E-state index in [0.29, 0.717) is 24.6 Å². The van der Waals surface area contributed by atoms with Crippen molar-refractivity contribution < 1.29 is 14.3 Å². The Morgan fingerprint density at radius 1 is 1.55 bits per heavy atom. The summed E-state index contributed by atoms with van der Waals surface area (Å²) in [4.78, 5) is 18.0. The fourth-order valence-corrected chi connectivity index (χ4v) is 1.86. The maximum atomic E-state index is 11.9. The first kappa shape index (κ1) is 14.7. The highest BCUT2D eigenvalue weighted by Crippen LogP contribution is 2.14. The minimum absolute atomic E-state index is 0.0715. The van der Waals surface area contributed by atoms with Crippen LogP contribution in [0.25, 0.3) is 0 Å². The number of likely N-dealkylation sites (N-methyl/N-ethyl adjacent to an activating group) is 1. The van der Waals surface area contributed by atoms with Gasteiger partial charge in [0.15, 0.2) is 0 Å². The van der Waals surface area contributed by atoms with Crippen LogP contribution in [0, 0.1) is 0 Å². The van der Waals surface area contributed by atoms with E-state index in [0.717, 1.165) is 19.6 Å². The fourth-order valence-electron chi connectivity index (χ4n) is 1.86. The Balaban J connectivity index is 1.82. The Kier molecular flexibility index (Phi) is 5.31. The van der Waals surface area contributed by atoms with E-state index in [4.69, 9.17) is 9.47 Å². The van der Waals surface area contributed by atoms with Crippen molar-refractivity contribution in [2.45, 2.75) is 12.5 Å². The van der Waals surface area contributed by atoms with Gasteiger partial charge >= 0.3 is 0 Å². The molecule has 1 saturated heterocycles. The molecule has 1 atom stereocenters. The van der Waals surface area contributed by atoms with Crippen molar-refractivity contribution in [3.05, 3.63) is 23.9 Å². The van der Waals surface area contributed by atoms with Gasteiger partial charge in [0.05, 0.1) is 18.8 Å². The molecule has 0 saturated carbocycles. The molecule has 0 aromatic carbocycles.